The number of rotatable bonds is 6. The smallest absolute Gasteiger partial charge is 0.300 e. The lowest BCUT2D eigenvalue weighted by atomic mass is 9.96. The van der Waals surface area contributed by atoms with Gasteiger partial charge < -0.3 is 9.84 Å². The van der Waals surface area contributed by atoms with Gasteiger partial charge in [0.25, 0.3) is 11.7 Å². The molecule has 0 radical (unpaired) electrons. The van der Waals surface area contributed by atoms with Crippen molar-refractivity contribution in [3.05, 3.63) is 95.3 Å². The van der Waals surface area contributed by atoms with E-state index >= 15 is 0 Å². The predicted octanol–water partition coefficient (Wildman–Crippen LogP) is 5.23. The molecule has 33 heavy (non-hydrogen) atoms. The molecule has 6 heteroatoms. The van der Waals surface area contributed by atoms with Gasteiger partial charge in [0.2, 0.25) is 0 Å². The largest absolute Gasteiger partial charge is 0.507 e. The van der Waals surface area contributed by atoms with Gasteiger partial charge in [0.1, 0.15) is 11.5 Å². The number of pyridine rings is 1. The van der Waals surface area contributed by atoms with Crippen LogP contribution in [0.1, 0.15) is 49.4 Å². The van der Waals surface area contributed by atoms with E-state index in [0.29, 0.717) is 35.1 Å². The molecule has 0 aliphatic carbocycles. The maximum absolute atomic E-state index is 13.2. The highest BCUT2D eigenvalue weighted by Gasteiger charge is 2.47. The van der Waals surface area contributed by atoms with Gasteiger partial charge in [-0.3, -0.25) is 19.5 Å². The Morgan fingerprint density at radius 2 is 1.76 bits per heavy atom. The Morgan fingerprint density at radius 3 is 2.33 bits per heavy atom. The summed E-state index contributed by atoms with van der Waals surface area (Å²) in [6.45, 7) is 6.59. The van der Waals surface area contributed by atoms with Gasteiger partial charge in [-0.15, -0.1) is 0 Å². The van der Waals surface area contributed by atoms with Crippen LogP contribution in [-0.2, 0) is 9.59 Å². The van der Waals surface area contributed by atoms with E-state index in [1.54, 1.807) is 48.8 Å². The number of carbonyl (C=O) groups is 2. The normalized spacial score (nSPS) is 17.6. The molecular weight excluding hydrogens is 416 g/mol. The van der Waals surface area contributed by atoms with Crippen LogP contribution in [0, 0.1) is 0 Å². The monoisotopic (exact) mass is 442 g/mol. The number of amides is 1. The highest BCUT2D eigenvalue weighted by atomic mass is 16.5. The Balaban J connectivity index is 1.84. The van der Waals surface area contributed by atoms with Crippen LogP contribution in [0.2, 0.25) is 0 Å². The Kier molecular flexibility index (Phi) is 6.27. The molecule has 2 heterocycles. The van der Waals surface area contributed by atoms with Crippen molar-refractivity contribution in [3.63, 3.8) is 0 Å². The molecule has 1 aliphatic heterocycles. The van der Waals surface area contributed by atoms with Crippen LogP contribution in [0.5, 0.6) is 5.75 Å². The Bertz CT molecular complexity index is 1180. The lowest BCUT2D eigenvalue weighted by Gasteiger charge is -2.25. The molecule has 1 fully saturated rings. The van der Waals surface area contributed by atoms with E-state index in [-0.39, 0.29) is 11.3 Å². The number of ketones is 1. The summed E-state index contributed by atoms with van der Waals surface area (Å²) in [5.74, 6) is -0.657. The first-order valence-corrected chi connectivity index (χ1v) is 11.0. The van der Waals surface area contributed by atoms with Crippen molar-refractivity contribution < 1.29 is 19.4 Å². The summed E-state index contributed by atoms with van der Waals surface area (Å²) < 4.78 is 5.46. The average Bonchev–Trinajstić information content (AvgIpc) is 3.10. The third-order valence-corrected chi connectivity index (χ3v) is 5.72. The van der Waals surface area contributed by atoms with E-state index in [9.17, 15) is 14.7 Å². The molecule has 168 valence electrons. The molecule has 6 nitrogen and oxygen atoms in total. The maximum atomic E-state index is 13.2. The minimum absolute atomic E-state index is 0.0325. The fourth-order valence-corrected chi connectivity index (χ4v) is 4.00. The number of aliphatic hydroxyl groups is 1. The average molecular weight is 443 g/mol. The zero-order chi connectivity index (χ0) is 23.5. The third-order valence-electron chi connectivity index (χ3n) is 5.72. The van der Waals surface area contributed by atoms with E-state index in [1.807, 2.05) is 31.2 Å². The number of hydrogen-bond donors (Lipinski definition) is 1. The minimum atomic E-state index is -0.796. The molecule has 2 aromatic carbocycles. The maximum Gasteiger partial charge on any atom is 0.300 e. The molecule has 1 N–H and O–H groups in total. The fourth-order valence-electron chi connectivity index (χ4n) is 4.00. The first-order chi connectivity index (χ1) is 15.9. The summed E-state index contributed by atoms with van der Waals surface area (Å²) in [6.07, 6.45) is 3.23. The number of Topliss-reactive ketones (excluding diaryl/α,β-unsaturated/α-hetero) is 1. The van der Waals surface area contributed by atoms with Crippen molar-refractivity contribution in [1.82, 2.24) is 4.98 Å². The summed E-state index contributed by atoms with van der Waals surface area (Å²) in [7, 11) is 0. The number of hydrogen-bond acceptors (Lipinski definition) is 5. The van der Waals surface area contributed by atoms with Gasteiger partial charge in [-0.1, -0.05) is 32.0 Å². The van der Waals surface area contributed by atoms with Crippen molar-refractivity contribution >= 4 is 23.1 Å². The van der Waals surface area contributed by atoms with Gasteiger partial charge >= 0.3 is 0 Å². The topological polar surface area (TPSA) is 79.7 Å². The van der Waals surface area contributed by atoms with Crippen LogP contribution in [0.4, 0.5) is 5.69 Å². The number of benzene rings is 2. The molecule has 1 unspecified atom stereocenters. The summed E-state index contributed by atoms with van der Waals surface area (Å²) in [5.41, 5.74) is 2.81. The van der Waals surface area contributed by atoms with Crippen molar-refractivity contribution in [2.24, 2.45) is 0 Å². The van der Waals surface area contributed by atoms with Crippen LogP contribution in [0.3, 0.4) is 0 Å². The van der Waals surface area contributed by atoms with Gasteiger partial charge in [0, 0.05) is 23.6 Å². The van der Waals surface area contributed by atoms with Crippen LogP contribution >= 0.6 is 0 Å². The zero-order valence-corrected chi connectivity index (χ0v) is 18.9. The van der Waals surface area contributed by atoms with E-state index in [0.717, 1.165) is 5.56 Å². The van der Waals surface area contributed by atoms with Crippen LogP contribution < -0.4 is 9.64 Å². The van der Waals surface area contributed by atoms with Crippen molar-refractivity contribution in [2.45, 2.75) is 32.7 Å². The summed E-state index contributed by atoms with van der Waals surface area (Å²) in [5, 5.41) is 11.2. The number of aliphatic hydroxyl groups excluding tert-OH is 1. The van der Waals surface area contributed by atoms with Crippen LogP contribution in [0.25, 0.3) is 5.76 Å². The van der Waals surface area contributed by atoms with E-state index < -0.39 is 17.7 Å². The Morgan fingerprint density at radius 1 is 1.06 bits per heavy atom. The second kappa shape index (κ2) is 9.28. The highest BCUT2D eigenvalue weighted by Crippen LogP contribution is 2.42. The lowest BCUT2D eigenvalue weighted by Crippen LogP contribution is -2.29. The van der Waals surface area contributed by atoms with Crippen molar-refractivity contribution in [2.75, 3.05) is 11.5 Å². The lowest BCUT2D eigenvalue weighted by molar-refractivity contribution is -0.132. The summed E-state index contributed by atoms with van der Waals surface area (Å²) in [6, 6.07) is 17.1. The second-order valence-corrected chi connectivity index (χ2v) is 8.16. The van der Waals surface area contributed by atoms with E-state index in [1.165, 1.54) is 4.90 Å². The molecule has 0 spiro atoms. The number of carbonyl (C=O) groups excluding carboxylic acids is 2. The SMILES string of the molecule is CCOc1ccc(/C(O)=C2\C(=O)C(=O)N(c3ccc(C(C)C)cc3)C2c2cccnc2)cc1. The second-order valence-electron chi connectivity index (χ2n) is 8.16. The van der Waals surface area contributed by atoms with Crippen molar-refractivity contribution in [1.29, 1.82) is 0 Å². The van der Waals surface area contributed by atoms with Crippen LogP contribution in [-0.4, -0.2) is 28.4 Å². The first kappa shape index (κ1) is 22.3. The molecule has 1 aliphatic rings. The minimum Gasteiger partial charge on any atom is -0.507 e. The number of aromatic nitrogens is 1. The number of anilines is 1. The molecule has 1 aromatic heterocycles. The molecule has 0 bridgehead atoms. The number of ether oxygens (including phenoxy) is 1. The molecule has 1 atom stereocenters. The molecular formula is C27H26N2O4. The quantitative estimate of drug-likeness (QED) is 0.321. The molecule has 0 saturated carbocycles. The summed E-state index contributed by atoms with van der Waals surface area (Å²) in [4.78, 5) is 32.0. The molecule has 4 rings (SSSR count). The van der Waals surface area contributed by atoms with E-state index in [4.69, 9.17) is 4.74 Å². The van der Waals surface area contributed by atoms with Gasteiger partial charge in [-0.25, -0.2) is 0 Å². The Labute approximate surface area is 193 Å². The number of nitrogens with zero attached hydrogens (tertiary/aromatic N) is 2. The van der Waals surface area contributed by atoms with Gasteiger partial charge in [-0.05, 0) is 66.4 Å². The van der Waals surface area contributed by atoms with Gasteiger partial charge in [0.15, 0.2) is 0 Å². The predicted molar refractivity (Wildman–Crippen MR) is 127 cm³/mol. The van der Waals surface area contributed by atoms with Crippen molar-refractivity contribution in [3.8, 4) is 5.75 Å². The molecule has 1 amide bonds. The molecule has 3 aromatic rings. The van der Waals surface area contributed by atoms with Gasteiger partial charge in [-0.2, -0.15) is 0 Å². The molecule has 1 saturated heterocycles. The first-order valence-electron chi connectivity index (χ1n) is 11.0. The van der Waals surface area contributed by atoms with E-state index in [2.05, 4.69) is 18.8 Å². The zero-order valence-electron chi connectivity index (χ0n) is 18.9. The van der Waals surface area contributed by atoms with Crippen LogP contribution in [0.15, 0.2) is 78.6 Å². The Hall–Kier alpha value is -3.93. The standard InChI is InChI=1S/C27H26N2O4/c1-4-33-22-13-9-19(10-14-22)25(30)23-24(20-6-5-15-28-16-20)29(27(32)26(23)31)21-11-7-18(8-12-21)17(2)3/h5-17,24,30H,4H2,1-3H3/b25-23+. The summed E-state index contributed by atoms with van der Waals surface area (Å²) >= 11 is 0. The highest BCUT2D eigenvalue weighted by molar-refractivity contribution is 6.51. The third kappa shape index (κ3) is 4.24. The van der Waals surface area contributed by atoms with Gasteiger partial charge in [0.05, 0.1) is 18.2 Å². The fraction of sp³-hybridized carbons (Fsp3) is 0.222.